The maximum atomic E-state index is 10.5. The zero-order valence-electron chi connectivity index (χ0n) is 9.31. The highest BCUT2D eigenvalue weighted by Gasteiger charge is 2.25. The van der Waals surface area contributed by atoms with E-state index in [9.17, 15) is 4.79 Å². The highest BCUT2D eigenvalue weighted by molar-refractivity contribution is 5.66. The molecule has 6 nitrogen and oxygen atoms in total. The number of carboxylic acid groups (broad SMARTS) is 1. The van der Waals surface area contributed by atoms with Crippen molar-refractivity contribution < 1.29 is 9.90 Å². The van der Waals surface area contributed by atoms with Gasteiger partial charge >= 0.3 is 5.97 Å². The number of nitrogens with zero attached hydrogens (tertiary/aromatic N) is 3. The molecule has 0 bridgehead atoms. The van der Waals surface area contributed by atoms with Crippen molar-refractivity contribution in [2.75, 3.05) is 12.4 Å². The lowest BCUT2D eigenvalue weighted by Gasteiger charge is -2.29. The summed E-state index contributed by atoms with van der Waals surface area (Å²) in [6.45, 7) is 0. The summed E-state index contributed by atoms with van der Waals surface area (Å²) in [5, 5.41) is 19.7. The number of carbonyl (C=O) groups is 1. The maximum absolute atomic E-state index is 10.5. The molecule has 1 fully saturated rings. The van der Waals surface area contributed by atoms with Gasteiger partial charge < -0.3 is 10.4 Å². The van der Waals surface area contributed by atoms with Crippen LogP contribution >= 0.6 is 0 Å². The van der Waals surface area contributed by atoms with Crippen LogP contribution in [0.5, 0.6) is 0 Å². The van der Waals surface area contributed by atoms with Crippen LogP contribution in [-0.2, 0) is 11.2 Å². The number of carboxylic acids is 1. The lowest BCUT2D eigenvalue weighted by atomic mass is 9.92. The number of aryl methyl sites for hydroxylation is 1. The van der Waals surface area contributed by atoms with Crippen LogP contribution < -0.4 is 5.32 Å². The van der Waals surface area contributed by atoms with Crippen LogP contribution in [0.3, 0.4) is 0 Å². The third kappa shape index (κ3) is 2.00. The van der Waals surface area contributed by atoms with E-state index in [1.54, 1.807) is 7.05 Å². The Kier molecular flexibility index (Phi) is 3.07. The number of hydrogen-bond donors (Lipinski definition) is 2. The van der Waals surface area contributed by atoms with E-state index in [0.717, 1.165) is 24.6 Å². The van der Waals surface area contributed by atoms with Gasteiger partial charge in [-0.15, -0.1) is 10.2 Å². The Morgan fingerprint density at radius 2 is 2.31 bits per heavy atom. The van der Waals surface area contributed by atoms with E-state index in [2.05, 4.69) is 15.5 Å². The van der Waals surface area contributed by atoms with E-state index in [-0.39, 0.29) is 6.42 Å². The SMILES string of the molecule is CNc1nnc(CCC(=O)O)n1C1CCC1. The van der Waals surface area contributed by atoms with Crippen molar-refractivity contribution in [3.8, 4) is 0 Å². The molecule has 0 aromatic carbocycles. The van der Waals surface area contributed by atoms with Gasteiger partial charge in [0.25, 0.3) is 0 Å². The molecule has 0 aliphatic heterocycles. The van der Waals surface area contributed by atoms with Crippen molar-refractivity contribution in [2.45, 2.75) is 38.1 Å². The minimum atomic E-state index is -0.797. The Balaban J connectivity index is 2.16. The Morgan fingerprint density at radius 1 is 1.56 bits per heavy atom. The second kappa shape index (κ2) is 4.51. The summed E-state index contributed by atoms with van der Waals surface area (Å²) >= 11 is 0. The van der Waals surface area contributed by atoms with Crippen molar-refractivity contribution in [2.24, 2.45) is 0 Å². The summed E-state index contributed by atoms with van der Waals surface area (Å²) in [4.78, 5) is 10.5. The Morgan fingerprint density at radius 3 is 2.81 bits per heavy atom. The molecule has 2 rings (SSSR count). The van der Waals surface area contributed by atoms with E-state index in [4.69, 9.17) is 5.11 Å². The first-order chi connectivity index (χ1) is 7.72. The van der Waals surface area contributed by atoms with Crippen molar-refractivity contribution in [1.82, 2.24) is 14.8 Å². The van der Waals surface area contributed by atoms with Crippen LogP contribution in [0.25, 0.3) is 0 Å². The van der Waals surface area contributed by atoms with Gasteiger partial charge in [-0.2, -0.15) is 0 Å². The molecule has 6 heteroatoms. The lowest BCUT2D eigenvalue weighted by Crippen LogP contribution is -2.21. The van der Waals surface area contributed by atoms with Gasteiger partial charge in [0.15, 0.2) is 0 Å². The van der Waals surface area contributed by atoms with Crippen LogP contribution in [0.15, 0.2) is 0 Å². The van der Waals surface area contributed by atoms with E-state index >= 15 is 0 Å². The monoisotopic (exact) mass is 224 g/mol. The lowest BCUT2D eigenvalue weighted by molar-refractivity contribution is -0.137. The Hall–Kier alpha value is -1.59. The molecule has 0 atom stereocenters. The fraction of sp³-hybridized carbons (Fsp3) is 0.700. The number of hydrogen-bond acceptors (Lipinski definition) is 4. The summed E-state index contributed by atoms with van der Waals surface area (Å²) in [7, 11) is 1.81. The number of nitrogens with one attached hydrogen (secondary N) is 1. The molecule has 88 valence electrons. The van der Waals surface area contributed by atoms with E-state index in [0.29, 0.717) is 12.5 Å². The standard InChI is InChI=1S/C10H16N4O2/c1-11-10-13-12-8(5-6-9(15)16)14(10)7-3-2-4-7/h7H,2-6H2,1H3,(H,11,13)(H,15,16). The third-order valence-corrected chi connectivity index (χ3v) is 2.99. The van der Waals surface area contributed by atoms with Crippen molar-refractivity contribution in [3.05, 3.63) is 5.82 Å². The first-order valence-electron chi connectivity index (χ1n) is 5.55. The van der Waals surface area contributed by atoms with Crippen LogP contribution in [0, 0.1) is 0 Å². The molecular weight excluding hydrogens is 208 g/mol. The predicted molar refractivity (Wildman–Crippen MR) is 58.4 cm³/mol. The minimum Gasteiger partial charge on any atom is -0.481 e. The van der Waals surface area contributed by atoms with Gasteiger partial charge in [-0.3, -0.25) is 9.36 Å². The van der Waals surface area contributed by atoms with Gasteiger partial charge in [0.05, 0.1) is 6.42 Å². The summed E-state index contributed by atoms with van der Waals surface area (Å²) in [5.74, 6) is 0.718. The molecule has 1 aliphatic rings. The van der Waals surface area contributed by atoms with Gasteiger partial charge in [0, 0.05) is 19.5 Å². The molecule has 1 aromatic heterocycles. The largest absolute Gasteiger partial charge is 0.481 e. The quantitative estimate of drug-likeness (QED) is 0.781. The second-order valence-corrected chi connectivity index (χ2v) is 4.04. The zero-order valence-corrected chi connectivity index (χ0v) is 9.31. The van der Waals surface area contributed by atoms with Gasteiger partial charge in [0.2, 0.25) is 5.95 Å². The zero-order chi connectivity index (χ0) is 11.5. The van der Waals surface area contributed by atoms with E-state index < -0.39 is 5.97 Å². The van der Waals surface area contributed by atoms with Gasteiger partial charge in [-0.05, 0) is 19.3 Å². The van der Waals surface area contributed by atoms with Crippen LogP contribution in [0.4, 0.5) is 5.95 Å². The molecule has 0 radical (unpaired) electrons. The molecule has 0 amide bonds. The average molecular weight is 224 g/mol. The summed E-state index contributed by atoms with van der Waals surface area (Å²) in [6.07, 6.45) is 4.04. The first kappa shape index (κ1) is 10.9. The van der Waals surface area contributed by atoms with Crippen molar-refractivity contribution >= 4 is 11.9 Å². The average Bonchev–Trinajstić information content (AvgIpc) is 2.55. The Bertz CT molecular complexity index is 384. The van der Waals surface area contributed by atoms with E-state index in [1.165, 1.54) is 6.42 Å². The fourth-order valence-corrected chi connectivity index (χ4v) is 1.91. The van der Waals surface area contributed by atoms with Crippen molar-refractivity contribution in [1.29, 1.82) is 0 Å². The number of rotatable bonds is 5. The van der Waals surface area contributed by atoms with Crippen LogP contribution in [0.2, 0.25) is 0 Å². The number of anilines is 1. The topological polar surface area (TPSA) is 80.0 Å². The molecule has 1 aromatic rings. The Labute approximate surface area is 93.7 Å². The number of aromatic nitrogens is 3. The van der Waals surface area contributed by atoms with Gasteiger partial charge in [-0.1, -0.05) is 0 Å². The van der Waals surface area contributed by atoms with Crippen molar-refractivity contribution in [3.63, 3.8) is 0 Å². The fourth-order valence-electron chi connectivity index (χ4n) is 1.91. The van der Waals surface area contributed by atoms with Gasteiger partial charge in [0.1, 0.15) is 5.82 Å². The first-order valence-corrected chi connectivity index (χ1v) is 5.55. The highest BCUT2D eigenvalue weighted by Crippen LogP contribution is 2.34. The molecule has 0 saturated heterocycles. The molecular formula is C10H16N4O2. The maximum Gasteiger partial charge on any atom is 0.303 e. The molecule has 0 spiro atoms. The normalized spacial score (nSPS) is 15.8. The van der Waals surface area contributed by atoms with Gasteiger partial charge in [-0.25, -0.2) is 0 Å². The molecule has 16 heavy (non-hydrogen) atoms. The molecule has 2 N–H and O–H groups in total. The summed E-state index contributed by atoms with van der Waals surface area (Å²) in [6, 6.07) is 0.446. The minimum absolute atomic E-state index is 0.106. The molecule has 1 saturated carbocycles. The van der Waals surface area contributed by atoms with E-state index in [1.807, 2.05) is 4.57 Å². The van der Waals surface area contributed by atoms with Crippen LogP contribution in [-0.4, -0.2) is 32.9 Å². The second-order valence-electron chi connectivity index (χ2n) is 4.04. The number of aliphatic carboxylic acids is 1. The molecule has 1 heterocycles. The molecule has 1 aliphatic carbocycles. The summed E-state index contributed by atoms with van der Waals surface area (Å²) in [5.41, 5.74) is 0. The molecule has 0 unspecified atom stereocenters. The summed E-state index contributed by atoms with van der Waals surface area (Å²) < 4.78 is 2.05. The highest BCUT2D eigenvalue weighted by atomic mass is 16.4. The smallest absolute Gasteiger partial charge is 0.303 e. The predicted octanol–water partition coefficient (Wildman–Crippen LogP) is 1.06. The van der Waals surface area contributed by atoms with Crippen LogP contribution in [0.1, 0.15) is 37.5 Å². The third-order valence-electron chi connectivity index (χ3n) is 2.99.